The molecule has 0 bridgehead atoms. The molecule has 0 saturated carbocycles. The number of hydrogen-bond acceptors (Lipinski definition) is 6. The number of benzene rings is 13. The lowest BCUT2D eigenvalue weighted by atomic mass is 9.34. The molecule has 486 valence electrons. The third-order valence-corrected chi connectivity index (χ3v) is 24.3. The molecule has 11 heteroatoms. The van der Waals surface area contributed by atoms with Crippen molar-refractivity contribution in [3.05, 3.63) is 307 Å². The van der Waals surface area contributed by atoms with Gasteiger partial charge in [-0.3, -0.25) is 9.13 Å². The predicted octanol–water partition coefficient (Wildman–Crippen LogP) is 22.1. The second-order valence-electron chi connectivity index (χ2n) is 28.1. The Morgan fingerprint density at radius 2 is 0.650 bits per heavy atom. The molecule has 0 atom stereocenters. The number of fused-ring (bicyclic) bond motifs is 20. The minimum Gasteiger partial charge on any atom is -0.308 e. The maximum atomic E-state index is 5.46. The van der Waals surface area contributed by atoms with Crippen LogP contribution in [-0.2, 0) is 0 Å². The van der Waals surface area contributed by atoms with E-state index >= 15 is 0 Å². The lowest BCUT2D eigenvalue weighted by molar-refractivity contribution is 0.990. The van der Waals surface area contributed by atoms with Gasteiger partial charge in [-0.25, -0.2) is 19.9 Å². The molecule has 21 aromatic rings. The van der Waals surface area contributed by atoms with Gasteiger partial charge in [0.15, 0.2) is 0 Å². The zero-order valence-corrected chi connectivity index (χ0v) is 59.1. The fourth-order valence-corrected chi connectivity index (χ4v) is 20.3. The first-order chi connectivity index (χ1) is 50.6. The zero-order chi connectivity index (χ0) is 68.6. The van der Waals surface area contributed by atoms with Crippen LogP contribution in [0.2, 0.25) is 0 Å². The maximum Gasteiger partial charge on any atom is 0.242 e. The molecular formula is C92H63BN8S2. The normalized spacial score (nSPS) is 12.2. The summed E-state index contributed by atoms with van der Waals surface area (Å²) < 4.78 is 14.6. The lowest BCUT2D eigenvalue weighted by Crippen LogP contribution is -2.56. The third kappa shape index (κ3) is 8.82. The Kier molecular flexibility index (Phi) is 13.1. The molecule has 0 aliphatic heterocycles. The van der Waals surface area contributed by atoms with Gasteiger partial charge >= 0.3 is 0 Å². The highest BCUT2D eigenvalue weighted by Crippen LogP contribution is 2.48. The summed E-state index contributed by atoms with van der Waals surface area (Å²) in [6.45, 7) is 13.4. The molecule has 0 unspecified atom stereocenters. The van der Waals surface area contributed by atoms with Crippen LogP contribution >= 0.6 is 22.7 Å². The summed E-state index contributed by atoms with van der Waals surface area (Å²) in [5.41, 5.74) is 26.3. The molecule has 8 nitrogen and oxygen atoms in total. The van der Waals surface area contributed by atoms with Gasteiger partial charge in [-0.1, -0.05) is 226 Å². The van der Waals surface area contributed by atoms with E-state index in [4.69, 9.17) is 19.9 Å². The van der Waals surface area contributed by atoms with Crippen LogP contribution in [0, 0.1) is 41.5 Å². The summed E-state index contributed by atoms with van der Waals surface area (Å²) in [5.74, 6) is 1.20. The molecule has 0 N–H and O–H groups in total. The number of hydrogen-bond donors (Lipinski definition) is 0. The van der Waals surface area contributed by atoms with E-state index in [0.29, 0.717) is 11.9 Å². The minimum absolute atomic E-state index is 0.119. The highest BCUT2D eigenvalue weighted by atomic mass is 32.1. The number of aryl methyl sites for hydroxylation is 6. The van der Waals surface area contributed by atoms with E-state index in [9.17, 15) is 0 Å². The van der Waals surface area contributed by atoms with Gasteiger partial charge in [-0.05, 0) is 125 Å². The third-order valence-electron chi connectivity index (χ3n) is 21.9. The largest absolute Gasteiger partial charge is 0.308 e. The van der Waals surface area contributed by atoms with Gasteiger partial charge in [-0.2, -0.15) is 0 Å². The first-order valence-corrected chi connectivity index (χ1v) is 36.9. The van der Waals surface area contributed by atoms with Crippen molar-refractivity contribution in [2.75, 3.05) is 0 Å². The van der Waals surface area contributed by atoms with Crippen molar-refractivity contribution < 1.29 is 0 Å². The molecule has 13 aromatic carbocycles. The van der Waals surface area contributed by atoms with Crippen molar-refractivity contribution in [1.82, 2.24) is 38.2 Å². The second kappa shape index (κ2) is 22.6. The van der Waals surface area contributed by atoms with E-state index in [1.165, 1.54) is 123 Å². The van der Waals surface area contributed by atoms with Crippen molar-refractivity contribution in [2.45, 2.75) is 41.5 Å². The smallest absolute Gasteiger partial charge is 0.242 e. The monoisotopic (exact) mass is 1350 g/mol. The van der Waals surface area contributed by atoms with Gasteiger partial charge in [0.25, 0.3) is 0 Å². The minimum atomic E-state index is -0.119. The van der Waals surface area contributed by atoms with Crippen LogP contribution in [0.5, 0.6) is 0 Å². The summed E-state index contributed by atoms with van der Waals surface area (Å²) >= 11 is 3.73. The van der Waals surface area contributed by atoms with E-state index in [-0.39, 0.29) is 6.71 Å². The number of thiophene rings is 2. The summed E-state index contributed by atoms with van der Waals surface area (Å²) in [6, 6.07) is 91.8. The van der Waals surface area contributed by atoms with E-state index in [0.717, 1.165) is 87.9 Å². The quantitative estimate of drug-likeness (QED) is 0.135. The Bertz CT molecular complexity index is 7100. The topological polar surface area (TPSA) is 71.3 Å². The van der Waals surface area contributed by atoms with Crippen molar-refractivity contribution in [1.29, 1.82) is 0 Å². The lowest BCUT2D eigenvalue weighted by Gasteiger charge is -2.25. The Balaban J connectivity index is 0.740. The standard InChI is InChI=1S/C92H63BN8S2/c1-52-41-54(3)86(55(4)42-52)93(87-56(5)43-53(2)44-57(87)6)62-46-58(60-48-94-91(95-49-60)100-75-32-16-9-25-70(75)84-77(100)40-39-76-83(84)69-24-8-14-30-73(69)98(76)79-33-19-27-67-64-22-11-17-35-81(64)102-89(67)79)45-59(47-62)61-50-96-92(97-51-61)101-72-29-13-7-21-63(72)66-37-38-78-85(88(66)101)71-26-10-15-31-74(71)99(78)80-34-20-28-68-65-23-12-18-36-82(65)103-90(68)80/h7-51H,1-6H3. The van der Waals surface area contributed by atoms with Crippen molar-refractivity contribution in [3.8, 4) is 45.5 Å². The van der Waals surface area contributed by atoms with Crippen LogP contribution in [0.4, 0.5) is 0 Å². The molecule has 0 aliphatic carbocycles. The molecule has 8 aromatic heterocycles. The van der Waals surface area contributed by atoms with Crippen LogP contribution in [0.3, 0.4) is 0 Å². The summed E-state index contributed by atoms with van der Waals surface area (Å²) in [7, 11) is 0. The summed E-state index contributed by atoms with van der Waals surface area (Å²) in [6.07, 6.45) is 8.09. The van der Waals surface area contributed by atoms with Gasteiger partial charge in [-0.15, -0.1) is 22.7 Å². The molecule has 103 heavy (non-hydrogen) atoms. The molecular weight excluding hydrogens is 1290 g/mol. The average molecular weight is 1360 g/mol. The SMILES string of the molecule is Cc1cc(C)c(B(c2cc(-c3cnc(-n4c5ccccc5c5c6c7ccccc7n(-c7cccc8c7sc7ccccc78)c6ccc54)nc3)cc(-c3cnc(-n4c5ccccc5c5ccc6c(c7ccccc7n6-c6cccc7c6sc6ccccc67)c54)nc3)c2)c2c(C)cc(C)cc2C)c(C)c1. The fraction of sp³-hybridized carbons (Fsp3) is 0.0652. The summed E-state index contributed by atoms with van der Waals surface area (Å²) in [4.78, 5) is 21.7. The molecule has 0 aliphatic rings. The first-order valence-electron chi connectivity index (χ1n) is 35.3. The van der Waals surface area contributed by atoms with Crippen LogP contribution in [0.1, 0.15) is 33.4 Å². The van der Waals surface area contributed by atoms with Gasteiger partial charge in [0.05, 0.1) is 64.9 Å². The van der Waals surface area contributed by atoms with E-state index in [1.54, 1.807) is 0 Å². The molecule has 8 heterocycles. The Morgan fingerprint density at radius 3 is 1.14 bits per heavy atom. The molecule has 21 rings (SSSR count). The van der Waals surface area contributed by atoms with Crippen LogP contribution in [0.25, 0.3) is 173 Å². The zero-order valence-electron chi connectivity index (χ0n) is 57.5. The Hall–Kier alpha value is -12.3. The van der Waals surface area contributed by atoms with Crippen LogP contribution < -0.4 is 16.4 Å². The molecule has 0 saturated heterocycles. The van der Waals surface area contributed by atoms with Gasteiger partial charge < -0.3 is 9.13 Å². The molecule has 0 amide bonds. The van der Waals surface area contributed by atoms with Gasteiger partial charge in [0.1, 0.15) is 0 Å². The fourth-order valence-electron chi connectivity index (χ4n) is 17.9. The maximum absolute atomic E-state index is 5.46. The number of nitrogens with zero attached hydrogens (tertiary/aromatic N) is 8. The second-order valence-corrected chi connectivity index (χ2v) is 30.2. The number of aromatic nitrogens is 8. The van der Waals surface area contributed by atoms with Gasteiger partial charge in [0, 0.05) is 110 Å². The van der Waals surface area contributed by atoms with Crippen molar-refractivity contribution >= 4 is 173 Å². The number of para-hydroxylation sites is 4. The van der Waals surface area contributed by atoms with Crippen molar-refractivity contribution in [2.24, 2.45) is 0 Å². The Labute approximate surface area is 601 Å². The average Bonchev–Trinajstić information content (AvgIpc) is 1.55. The van der Waals surface area contributed by atoms with Crippen LogP contribution in [-0.4, -0.2) is 44.9 Å². The summed E-state index contributed by atoms with van der Waals surface area (Å²) in [5, 5.41) is 14.5. The first kappa shape index (κ1) is 59.6. The van der Waals surface area contributed by atoms with Gasteiger partial charge in [0.2, 0.25) is 18.6 Å². The Morgan fingerprint density at radius 1 is 0.282 bits per heavy atom. The number of rotatable bonds is 9. The molecule has 0 spiro atoms. The van der Waals surface area contributed by atoms with E-state index in [2.05, 4.69) is 309 Å². The molecule has 0 fully saturated rings. The van der Waals surface area contributed by atoms with Crippen molar-refractivity contribution in [3.63, 3.8) is 0 Å². The van der Waals surface area contributed by atoms with E-state index in [1.807, 2.05) is 47.5 Å². The predicted molar refractivity (Wildman–Crippen MR) is 438 cm³/mol. The van der Waals surface area contributed by atoms with E-state index < -0.39 is 0 Å². The highest BCUT2D eigenvalue weighted by molar-refractivity contribution is 7.26. The van der Waals surface area contributed by atoms with Crippen LogP contribution in [0.15, 0.2) is 274 Å². The molecule has 0 radical (unpaired) electrons. The highest BCUT2D eigenvalue weighted by Gasteiger charge is 2.31.